The average Bonchev–Trinajstić information content (AvgIpc) is 2.96. The number of nitrogens with one attached hydrogen (secondary N) is 1. The normalized spacial score (nSPS) is 25.8. The van der Waals surface area contributed by atoms with Crippen LogP contribution in [0, 0.1) is 0 Å². The largest absolute Gasteiger partial charge is 0.359 e. The fourth-order valence-corrected chi connectivity index (χ4v) is 4.34. The number of hydrogen-bond acceptors (Lipinski definition) is 2. The maximum absolute atomic E-state index is 4.86. The van der Waals surface area contributed by atoms with Crippen molar-refractivity contribution < 1.29 is 0 Å². The molecule has 0 aromatic rings. The quantitative estimate of drug-likeness (QED) is 0.724. The summed E-state index contributed by atoms with van der Waals surface area (Å²) in [6, 6.07) is 0.494. The number of unbranched alkanes of at least 4 members (excludes halogenated alkanes) is 3. The van der Waals surface area contributed by atoms with E-state index in [4.69, 9.17) is 4.99 Å². The highest BCUT2D eigenvalue weighted by Gasteiger charge is 2.39. The lowest BCUT2D eigenvalue weighted by Crippen LogP contribution is -2.40. The molecule has 2 rings (SSSR count). The van der Waals surface area contributed by atoms with Crippen molar-refractivity contribution in [2.45, 2.75) is 83.2 Å². The molecule has 1 saturated heterocycles. The van der Waals surface area contributed by atoms with Crippen molar-refractivity contribution in [1.29, 1.82) is 0 Å². The zero-order chi connectivity index (χ0) is 12.8. The fraction of sp³-hybridized carbons (Fsp3) is 0.933. The van der Waals surface area contributed by atoms with Crippen LogP contribution in [0.15, 0.2) is 4.99 Å². The van der Waals surface area contributed by atoms with Crippen LogP contribution < -0.4 is 5.32 Å². The van der Waals surface area contributed by atoms with E-state index in [0.717, 1.165) is 0 Å². The molecule has 0 amide bonds. The standard InChI is InChI=1S/C15H28N2S/c1-3-4-5-6-9-13(2)16-14-17-15(12-18-14)10-7-8-11-15/h13H,3-12H2,1-2H3,(H,16,17). The minimum atomic E-state index is 0.422. The van der Waals surface area contributed by atoms with Gasteiger partial charge in [0.05, 0.1) is 0 Å². The first-order valence-electron chi connectivity index (χ1n) is 7.73. The van der Waals surface area contributed by atoms with E-state index in [1.165, 1.54) is 68.7 Å². The van der Waals surface area contributed by atoms with Gasteiger partial charge in [-0.3, -0.25) is 4.99 Å². The molecular weight excluding hydrogens is 240 g/mol. The van der Waals surface area contributed by atoms with Crippen molar-refractivity contribution in [2.24, 2.45) is 4.99 Å². The number of amidine groups is 1. The Labute approximate surface area is 116 Å². The second-order valence-corrected chi connectivity index (χ2v) is 7.00. The van der Waals surface area contributed by atoms with Gasteiger partial charge in [0, 0.05) is 17.3 Å². The molecule has 104 valence electrons. The molecule has 1 atom stereocenters. The molecule has 0 bridgehead atoms. The van der Waals surface area contributed by atoms with Crippen molar-refractivity contribution in [3.63, 3.8) is 0 Å². The third-order valence-corrected chi connectivity index (χ3v) is 5.41. The second-order valence-electron chi connectivity index (χ2n) is 6.03. The Morgan fingerprint density at radius 2 is 2.06 bits per heavy atom. The summed E-state index contributed by atoms with van der Waals surface area (Å²) in [5.74, 6) is 1.24. The summed E-state index contributed by atoms with van der Waals surface area (Å²) >= 11 is 1.95. The molecule has 1 aliphatic carbocycles. The molecule has 0 aromatic carbocycles. The highest BCUT2D eigenvalue weighted by atomic mass is 32.2. The Kier molecular flexibility index (Phi) is 5.40. The van der Waals surface area contributed by atoms with Gasteiger partial charge in [-0.2, -0.15) is 0 Å². The van der Waals surface area contributed by atoms with E-state index in [0.29, 0.717) is 11.6 Å². The molecule has 2 aliphatic rings. The van der Waals surface area contributed by atoms with Crippen LogP contribution in [0.2, 0.25) is 0 Å². The smallest absolute Gasteiger partial charge is 0.157 e. The fourth-order valence-electron chi connectivity index (χ4n) is 3.03. The van der Waals surface area contributed by atoms with Gasteiger partial charge in [0.1, 0.15) is 0 Å². The van der Waals surface area contributed by atoms with E-state index in [-0.39, 0.29) is 0 Å². The number of nitrogens with zero attached hydrogens (tertiary/aromatic N) is 1. The molecular formula is C15H28N2S. The van der Waals surface area contributed by atoms with Gasteiger partial charge in [-0.15, -0.1) is 0 Å². The van der Waals surface area contributed by atoms with E-state index < -0.39 is 0 Å². The molecule has 0 aromatic heterocycles. The van der Waals surface area contributed by atoms with Crippen molar-refractivity contribution in [3.8, 4) is 0 Å². The lowest BCUT2D eigenvalue weighted by Gasteiger charge is -2.22. The Morgan fingerprint density at radius 1 is 1.28 bits per heavy atom. The van der Waals surface area contributed by atoms with Crippen LogP contribution in [0.3, 0.4) is 0 Å². The van der Waals surface area contributed by atoms with Gasteiger partial charge in [0.15, 0.2) is 5.17 Å². The Balaban J connectivity index is 1.72. The van der Waals surface area contributed by atoms with E-state index in [1.54, 1.807) is 0 Å². The molecule has 1 unspecified atom stereocenters. The van der Waals surface area contributed by atoms with Gasteiger partial charge < -0.3 is 5.32 Å². The third-order valence-electron chi connectivity index (χ3n) is 4.23. The van der Waals surface area contributed by atoms with Crippen molar-refractivity contribution in [3.05, 3.63) is 0 Å². The molecule has 18 heavy (non-hydrogen) atoms. The molecule has 1 saturated carbocycles. The first-order valence-corrected chi connectivity index (χ1v) is 8.71. The summed E-state index contributed by atoms with van der Waals surface area (Å²) in [6.07, 6.45) is 12.1. The summed E-state index contributed by atoms with van der Waals surface area (Å²) in [4.78, 5) is 4.86. The van der Waals surface area contributed by atoms with Gasteiger partial charge >= 0.3 is 0 Å². The van der Waals surface area contributed by atoms with Crippen molar-refractivity contribution in [1.82, 2.24) is 5.32 Å². The van der Waals surface area contributed by atoms with Crippen LogP contribution in [0.4, 0.5) is 0 Å². The van der Waals surface area contributed by atoms with Crippen LogP contribution in [0.25, 0.3) is 0 Å². The molecule has 0 radical (unpaired) electrons. The first-order chi connectivity index (χ1) is 8.74. The van der Waals surface area contributed by atoms with Crippen LogP contribution >= 0.6 is 11.8 Å². The molecule has 2 fully saturated rings. The third kappa shape index (κ3) is 3.91. The number of thioether (sulfide) groups is 1. The maximum atomic E-state index is 4.86. The summed E-state index contributed by atoms with van der Waals surface area (Å²) in [7, 11) is 0. The van der Waals surface area contributed by atoms with Crippen molar-refractivity contribution in [2.75, 3.05) is 5.75 Å². The summed E-state index contributed by atoms with van der Waals surface area (Å²) in [6.45, 7) is 4.53. The lowest BCUT2D eigenvalue weighted by molar-refractivity contribution is 0.451. The summed E-state index contributed by atoms with van der Waals surface area (Å²) in [5, 5.41) is 4.93. The Hall–Kier alpha value is -0.180. The number of hydrogen-bond donors (Lipinski definition) is 1. The zero-order valence-electron chi connectivity index (χ0n) is 12.0. The van der Waals surface area contributed by atoms with E-state index in [9.17, 15) is 0 Å². The lowest BCUT2D eigenvalue weighted by atomic mass is 10.0. The van der Waals surface area contributed by atoms with E-state index >= 15 is 0 Å². The minimum Gasteiger partial charge on any atom is -0.359 e. The van der Waals surface area contributed by atoms with Gasteiger partial charge in [-0.1, -0.05) is 57.2 Å². The molecule has 1 N–H and O–H groups in total. The van der Waals surface area contributed by atoms with Crippen LogP contribution in [0.5, 0.6) is 0 Å². The topological polar surface area (TPSA) is 24.4 Å². The van der Waals surface area contributed by atoms with Gasteiger partial charge in [0.2, 0.25) is 0 Å². The minimum absolute atomic E-state index is 0.422. The monoisotopic (exact) mass is 268 g/mol. The first kappa shape index (κ1) is 14.2. The zero-order valence-corrected chi connectivity index (χ0v) is 12.8. The molecule has 1 aliphatic heterocycles. The number of aliphatic imine (C=N–C) groups is 1. The SMILES string of the molecule is CCCCCCC(C)N=C1NC2(CCCC2)CS1. The van der Waals surface area contributed by atoms with Gasteiger partial charge in [-0.05, 0) is 26.2 Å². The summed E-state index contributed by atoms with van der Waals surface area (Å²) in [5.41, 5.74) is 0.422. The maximum Gasteiger partial charge on any atom is 0.157 e. The van der Waals surface area contributed by atoms with Gasteiger partial charge in [0.25, 0.3) is 0 Å². The van der Waals surface area contributed by atoms with Crippen LogP contribution in [-0.4, -0.2) is 22.5 Å². The predicted molar refractivity (Wildman–Crippen MR) is 82.4 cm³/mol. The second kappa shape index (κ2) is 6.83. The summed E-state index contributed by atoms with van der Waals surface area (Å²) < 4.78 is 0. The van der Waals surface area contributed by atoms with Crippen LogP contribution in [-0.2, 0) is 0 Å². The predicted octanol–water partition coefficient (Wildman–Crippen LogP) is 4.35. The Bertz CT molecular complexity index is 282. The molecule has 3 heteroatoms. The molecule has 1 heterocycles. The van der Waals surface area contributed by atoms with Gasteiger partial charge in [-0.25, -0.2) is 0 Å². The molecule has 2 nitrogen and oxygen atoms in total. The van der Waals surface area contributed by atoms with E-state index in [1.807, 2.05) is 11.8 Å². The van der Waals surface area contributed by atoms with E-state index in [2.05, 4.69) is 19.2 Å². The average molecular weight is 268 g/mol. The number of rotatable bonds is 6. The van der Waals surface area contributed by atoms with Crippen molar-refractivity contribution >= 4 is 16.9 Å². The highest BCUT2D eigenvalue weighted by molar-refractivity contribution is 8.14. The van der Waals surface area contributed by atoms with Crippen LogP contribution in [0.1, 0.15) is 71.6 Å². The Morgan fingerprint density at radius 3 is 2.78 bits per heavy atom. The highest BCUT2D eigenvalue weighted by Crippen LogP contribution is 2.37. The molecule has 1 spiro atoms.